The minimum atomic E-state index is -5.47. The van der Waals surface area contributed by atoms with Gasteiger partial charge in [0.05, 0.1) is 17.9 Å². The lowest BCUT2D eigenvalue weighted by Gasteiger charge is -2.20. The van der Waals surface area contributed by atoms with Gasteiger partial charge in [-0.15, -0.1) is 11.3 Å². The van der Waals surface area contributed by atoms with E-state index >= 15 is 0 Å². The van der Waals surface area contributed by atoms with Crippen LogP contribution < -0.4 is 5.32 Å². The van der Waals surface area contributed by atoms with E-state index in [1.54, 1.807) is 0 Å². The molecular weight excluding hydrogens is 469 g/mol. The number of aromatic nitrogens is 1. The van der Waals surface area contributed by atoms with Gasteiger partial charge in [-0.2, -0.15) is 13.2 Å². The number of nitrogens with zero attached hydrogens (tertiary/aromatic N) is 1. The number of alkyl halides is 3. The molecule has 1 aromatic carbocycles. The molecule has 2 aromatic rings. The van der Waals surface area contributed by atoms with Crippen LogP contribution in [0.25, 0.3) is 0 Å². The van der Waals surface area contributed by atoms with E-state index in [1.165, 1.54) is 24.6 Å². The number of carbonyl (C=O) groups is 2. The Morgan fingerprint density at radius 1 is 1.22 bits per heavy atom. The molecular formula is C20H21F3N2O5S2. The summed E-state index contributed by atoms with van der Waals surface area (Å²) in [5.74, 6) is -1.53. The number of esters is 1. The Morgan fingerprint density at radius 3 is 2.41 bits per heavy atom. The van der Waals surface area contributed by atoms with Gasteiger partial charge >= 0.3 is 11.5 Å². The second kappa shape index (κ2) is 9.57. The highest BCUT2D eigenvalue weighted by atomic mass is 32.2. The molecule has 0 aliphatic heterocycles. The molecule has 1 saturated carbocycles. The molecule has 1 heterocycles. The van der Waals surface area contributed by atoms with Gasteiger partial charge < -0.3 is 10.1 Å². The topological polar surface area (TPSA) is 102 Å². The molecule has 7 nitrogen and oxygen atoms in total. The molecule has 1 aromatic heterocycles. The number of nitrogens with one attached hydrogen (secondary N) is 1. The van der Waals surface area contributed by atoms with Crippen LogP contribution >= 0.6 is 11.3 Å². The Bertz CT molecular complexity index is 1080. The average Bonchev–Trinajstić information content (AvgIpc) is 3.42. The quantitative estimate of drug-likeness (QED) is 0.573. The lowest BCUT2D eigenvalue weighted by atomic mass is 9.87. The number of hydrogen-bond acceptors (Lipinski definition) is 7. The second-order valence-electron chi connectivity index (χ2n) is 7.48. The van der Waals surface area contributed by atoms with E-state index in [2.05, 4.69) is 15.0 Å². The summed E-state index contributed by atoms with van der Waals surface area (Å²) in [6, 6.07) is 4.21. The second-order valence-corrected chi connectivity index (χ2v) is 10.3. The lowest BCUT2D eigenvalue weighted by Crippen LogP contribution is -2.24. The Labute approximate surface area is 186 Å². The van der Waals surface area contributed by atoms with Crippen molar-refractivity contribution in [3.63, 3.8) is 0 Å². The first kappa shape index (κ1) is 24.2. The van der Waals surface area contributed by atoms with E-state index in [0.717, 1.165) is 49.2 Å². The molecule has 1 aliphatic carbocycles. The minimum absolute atomic E-state index is 0.0434. The molecule has 0 bridgehead atoms. The molecule has 3 rings (SSSR count). The third kappa shape index (κ3) is 5.29. The number of benzene rings is 1. The maximum absolute atomic E-state index is 13.0. The fourth-order valence-electron chi connectivity index (χ4n) is 3.71. The number of methoxy groups -OCH3 is 1. The van der Waals surface area contributed by atoms with Crippen LogP contribution in [0.4, 0.5) is 18.3 Å². The first-order valence-electron chi connectivity index (χ1n) is 9.79. The monoisotopic (exact) mass is 490 g/mol. The molecule has 32 heavy (non-hydrogen) atoms. The third-order valence-corrected chi connectivity index (χ3v) is 7.65. The maximum Gasteiger partial charge on any atom is 0.501 e. The predicted molar refractivity (Wildman–Crippen MR) is 111 cm³/mol. The predicted octanol–water partition coefficient (Wildman–Crippen LogP) is 4.53. The average molecular weight is 491 g/mol. The van der Waals surface area contributed by atoms with E-state index in [9.17, 15) is 31.2 Å². The Balaban J connectivity index is 1.84. The molecule has 1 unspecified atom stereocenters. The molecule has 1 fully saturated rings. The van der Waals surface area contributed by atoms with Crippen LogP contribution in [0.15, 0.2) is 34.5 Å². The lowest BCUT2D eigenvalue weighted by molar-refractivity contribution is -0.118. The van der Waals surface area contributed by atoms with E-state index in [0.29, 0.717) is 12.0 Å². The van der Waals surface area contributed by atoms with E-state index < -0.39 is 38.0 Å². The number of amides is 1. The van der Waals surface area contributed by atoms with Crippen LogP contribution in [0.3, 0.4) is 0 Å². The number of halogens is 3. The molecule has 0 radical (unpaired) electrons. The number of ether oxygens (including phenoxy) is 1. The van der Waals surface area contributed by atoms with Gasteiger partial charge in [0.2, 0.25) is 5.91 Å². The van der Waals surface area contributed by atoms with Crippen molar-refractivity contribution in [3.8, 4) is 0 Å². The number of carbonyl (C=O) groups excluding carboxylic acids is 2. The van der Waals surface area contributed by atoms with Gasteiger partial charge in [0.1, 0.15) is 0 Å². The van der Waals surface area contributed by atoms with Gasteiger partial charge in [-0.3, -0.25) is 4.79 Å². The van der Waals surface area contributed by atoms with Crippen molar-refractivity contribution in [2.24, 2.45) is 5.92 Å². The largest absolute Gasteiger partial charge is 0.501 e. The van der Waals surface area contributed by atoms with Crippen LogP contribution in [0.5, 0.6) is 0 Å². The Morgan fingerprint density at radius 2 is 1.84 bits per heavy atom. The van der Waals surface area contributed by atoms with Crippen LogP contribution in [0.1, 0.15) is 54.1 Å². The molecule has 1 atom stereocenters. The summed E-state index contributed by atoms with van der Waals surface area (Å²) >= 11 is 1.04. The van der Waals surface area contributed by atoms with E-state index in [4.69, 9.17) is 0 Å². The summed E-state index contributed by atoms with van der Waals surface area (Å²) in [4.78, 5) is 27.7. The summed E-state index contributed by atoms with van der Waals surface area (Å²) in [6.07, 6.45) is 4.42. The number of sulfone groups is 1. The first-order valence-corrected chi connectivity index (χ1v) is 12.1. The van der Waals surface area contributed by atoms with Crippen molar-refractivity contribution in [2.45, 2.75) is 48.4 Å². The van der Waals surface area contributed by atoms with Crippen molar-refractivity contribution >= 4 is 38.2 Å². The maximum atomic E-state index is 13.0. The Kier molecular flexibility index (Phi) is 7.23. The fraction of sp³-hybridized carbons (Fsp3) is 0.450. The van der Waals surface area contributed by atoms with Gasteiger partial charge in [0, 0.05) is 5.38 Å². The zero-order chi connectivity index (χ0) is 23.5. The van der Waals surface area contributed by atoms with Crippen molar-refractivity contribution in [1.82, 2.24) is 4.98 Å². The molecule has 0 spiro atoms. The molecule has 12 heteroatoms. The van der Waals surface area contributed by atoms with Crippen molar-refractivity contribution in [2.75, 3.05) is 12.4 Å². The molecule has 174 valence electrons. The van der Waals surface area contributed by atoms with E-state index in [1.807, 2.05) is 0 Å². The highest BCUT2D eigenvalue weighted by molar-refractivity contribution is 7.92. The third-order valence-electron chi connectivity index (χ3n) is 5.39. The van der Waals surface area contributed by atoms with Gasteiger partial charge in [-0.1, -0.05) is 37.8 Å². The molecule has 0 saturated heterocycles. The molecule has 1 amide bonds. The van der Waals surface area contributed by atoms with Crippen molar-refractivity contribution < 1.29 is 35.9 Å². The van der Waals surface area contributed by atoms with Gasteiger partial charge in [-0.25, -0.2) is 18.2 Å². The normalized spacial score (nSPS) is 16.0. The highest BCUT2D eigenvalue weighted by Crippen LogP contribution is 2.36. The summed E-state index contributed by atoms with van der Waals surface area (Å²) in [5, 5.41) is 4.26. The number of hydrogen-bond donors (Lipinski definition) is 1. The minimum Gasteiger partial charge on any atom is -0.464 e. The Hall–Kier alpha value is -2.47. The van der Waals surface area contributed by atoms with Crippen LogP contribution in [0.2, 0.25) is 0 Å². The highest BCUT2D eigenvalue weighted by Gasteiger charge is 2.46. The standard InChI is InChI=1S/C20H21F3N2O5S2/c1-30-18(27)16-11-31-19(24-16)25-17(26)15(10-12-4-2-3-5-12)13-6-8-14(9-7-13)32(28,29)20(21,22)23/h6-9,11-12,15H,2-5,10H2,1H3,(H,24,25,26). The van der Waals surface area contributed by atoms with Crippen LogP contribution in [-0.4, -0.2) is 37.9 Å². The summed E-state index contributed by atoms with van der Waals surface area (Å²) < 4.78 is 66.3. The molecule has 1 N–H and O–H groups in total. The number of anilines is 1. The first-order chi connectivity index (χ1) is 15.0. The molecule has 1 aliphatic rings. The zero-order valence-electron chi connectivity index (χ0n) is 17.0. The summed E-state index contributed by atoms with van der Waals surface area (Å²) in [6.45, 7) is 0. The van der Waals surface area contributed by atoms with E-state index in [-0.39, 0.29) is 16.7 Å². The van der Waals surface area contributed by atoms with Crippen LogP contribution in [0, 0.1) is 5.92 Å². The number of rotatable bonds is 7. The zero-order valence-corrected chi connectivity index (χ0v) is 18.6. The van der Waals surface area contributed by atoms with Crippen molar-refractivity contribution in [1.29, 1.82) is 0 Å². The van der Waals surface area contributed by atoms with Crippen molar-refractivity contribution in [3.05, 3.63) is 40.9 Å². The SMILES string of the molecule is COC(=O)c1csc(NC(=O)C(CC2CCCC2)c2ccc(S(=O)(=O)C(F)(F)F)cc2)n1. The van der Waals surface area contributed by atoms with Gasteiger partial charge in [0.25, 0.3) is 9.84 Å². The van der Waals surface area contributed by atoms with Gasteiger partial charge in [0.15, 0.2) is 10.8 Å². The van der Waals surface area contributed by atoms with Gasteiger partial charge in [-0.05, 0) is 30.0 Å². The summed E-state index contributed by atoms with van der Waals surface area (Å²) in [7, 11) is -4.26. The fourth-order valence-corrected chi connectivity index (χ4v) is 5.15. The smallest absolute Gasteiger partial charge is 0.464 e. The number of thiazole rings is 1. The summed E-state index contributed by atoms with van der Waals surface area (Å²) in [5.41, 5.74) is -4.96. The van der Waals surface area contributed by atoms with Crippen LogP contribution in [-0.2, 0) is 19.4 Å².